The number of rotatable bonds is 5. The molecule has 3 rings (SSSR count). The van der Waals surface area contributed by atoms with Crippen LogP contribution in [0.15, 0.2) is 42.5 Å². The standard InChI is InChI=1S/C20H21Cl2N3O2/c21-17-8-3-13(10-18(17)22)11-25-9-1-2-15(12-25)20(27)24-16-6-4-14(5-7-16)19(23)26/h3-8,10,15H,1-2,9,11-12H2,(H2,23,26)(H,24,27). The molecule has 0 saturated carbocycles. The van der Waals surface area contributed by atoms with E-state index >= 15 is 0 Å². The molecule has 1 aliphatic heterocycles. The third-order valence-corrected chi connectivity index (χ3v) is 5.44. The van der Waals surface area contributed by atoms with Gasteiger partial charge in [0.2, 0.25) is 11.8 Å². The number of nitrogens with one attached hydrogen (secondary N) is 1. The molecule has 2 aromatic carbocycles. The van der Waals surface area contributed by atoms with Crippen LogP contribution < -0.4 is 11.1 Å². The summed E-state index contributed by atoms with van der Waals surface area (Å²) >= 11 is 12.1. The Morgan fingerprint density at radius 1 is 1.11 bits per heavy atom. The highest BCUT2D eigenvalue weighted by atomic mass is 35.5. The Morgan fingerprint density at radius 2 is 1.85 bits per heavy atom. The van der Waals surface area contributed by atoms with E-state index in [0.29, 0.717) is 27.8 Å². The SMILES string of the molecule is NC(=O)c1ccc(NC(=O)C2CCCN(Cc3ccc(Cl)c(Cl)c3)C2)cc1. The molecular formula is C20H21Cl2N3O2. The number of likely N-dealkylation sites (tertiary alicyclic amines) is 1. The summed E-state index contributed by atoms with van der Waals surface area (Å²) in [6, 6.07) is 12.2. The predicted octanol–water partition coefficient (Wildman–Crippen LogP) is 3.94. The van der Waals surface area contributed by atoms with Crippen LogP contribution in [-0.4, -0.2) is 29.8 Å². The number of hydrogen-bond acceptors (Lipinski definition) is 3. The number of benzene rings is 2. The average molecular weight is 406 g/mol. The number of nitrogens with two attached hydrogens (primary N) is 1. The van der Waals surface area contributed by atoms with Gasteiger partial charge in [0.1, 0.15) is 0 Å². The van der Waals surface area contributed by atoms with E-state index in [0.717, 1.165) is 31.5 Å². The fourth-order valence-corrected chi connectivity index (χ4v) is 3.59. The molecule has 2 amide bonds. The Bertz CT molecular complexity index is 840. The number of primary amides is 1. The molecule has 5 nitrogen and oxygen atoms in total. The first kappa shape index (κ1) is 19.7. The maximum atomic E-state index is 12.6. The van der Waals surface area contributed by atoms with Gasteiger partial charge in [0.05, 0.1) is 16.0 Å². The van der Waals surface area contributed by atoms with Crippen LogP contribution in [0.4, 0.5) is 5.69 Å². The van der Waals surface area contributed by atoms with Gasteiger partial charge >= 0.3 is 0 Å². The minimum atomic E-state index is -0.488. The normalized spacial score (nSPS) is 17.5. The van der Waals surface area contributed by atoms with Gasteiger partial charge in [-0.3, -0.25) is 14.5 Å². The number of hydrogen-bond donors (Lipinski definition) is 2. The van der Waals surface area contributed by atoms with E-state index in [1.807, 2.05) is 12.1 Å². The summed E-state index contributed by atoms with van der Waals surface area (Å²) < 4.78 is 0. The Labute approximate surface area is 168 Å². The van der Waals surface area contributed by atoms with Crippen molar-refractivity contribution in [2.24, 2.45) is 11.7 Å². The fraction of sp³-hybridized carbons (Fsp3) is 0.300. The molecule has 3 N–H and O–H groups in total. The van der Waals surface area contributed by atoms with E-state index in [4.69, 9.17) is 28.9 Å². The molecule has 142 valence electrons. The highest BCUT2D eigenvalue weighted by Gasteiger charge is 2.26. The Morgan fingerprint density at radius 3 is 2.52 bits per heavy atom. The third kappa shape index (κ3) is 5.22. The van der Waals surface area contributed by atoms with E-state index in [9.17, 15) is 9.59 Å². The van der Waals surface area contributed by atoms with E-state index in [1.165, 1.54) is 0 Å². The zero-order chi connectivity index (χ0) is 19.4. The predicted molar refractivity (Wildman–Crippen MR) is 108 cm³/mol. The molecule has 1 heterocycles. The van der Waals surface area contributed by atoms with Crippen molar-refractivity contribution in [2.45, 2.75) is 19.4 Å². The number of anilines is 1. The maximum Gasteiger partial charge on any atom is 0.248 e. The lowest BCUT2D eigenvalue weighted by atomic mass is 9.96. The van der Waals surface area contributed by atoms with Crippen LogP contribution in [-0.2, 0) is 11.3 Å². The van der Waals surface area contributed by atoms with Crippen molar-refractivity contribution in [3.63, 3.8) is 0 Å². The molecule has 0 aromatic heterocycles. The second kappa shape index (κ2) is 8.74. The number of carbonyl (C=O) groups excluding carboxylic acids is 2. The van der Waals surface area contributed by atoms with Crippen molar-refractivity contribution in [1.82, 2.24) is 4.90 Å². The first-order valence-electron chi connectivity index (χ1n) is 8.79. The summed E-state index contributed by atoms with van der Waals surface area (Å²) in [5.41, 5.74) is 7.38. The molecule has 1 fully saturated rings. The van der Waals surface area contributed by atoms with E-state index in [2.05, 4.69) is 10.2 Å². The van der Waals surface area contributed by atoms with E-state index in [-0.39, 0.29) is 11.8 Å². The second-order valence-corrected chi connectivity index (χ2v) is 7.57. The Balaban J connectivity index is 1.58. The molecule has 7 heteroatoms. The molecule has 1 aliphatic rings. The number of amides is 2. The van der Waals surface area contributed by atoms with Gasteiger partial charge in [0.15, 0.2) is 0 Å². The van der Waals surface area contributed by atoms with Gasteiger partial charge in [-0.25, -0.2) is 0 Å². The smallest absolute Gasteiger partial charge is 0.248 e. The molecule has 0 aliphatic carbocycles. The largest absolute Gasteiger partial charge is 0.366 e. The molecule has 0 spiro atoms. The topological polar surface area (TPSA) is 75.4 Å². The molecule has 0 bridgehead atoms. The maximum absolute atomic E-state index is 12.6. The van der Waals surface area contributed by atoms with E-state index < -0.39 is 5.91 Å². The van der Waals surface area contributed by atoms with Gasteiger partial charge in [-0.05, 0) is 61.3 Å². The number of carbonyl (C=O) groups is 2. The van der Waals surface area contributed by atoms with Gasteiger partial charge in [-0.2, -0.15) is 0 Å². The van der Waals surface area contributed by atoms with Gasteiger partial charge in [0.25, 0.3) is 0 Å². The van der Waals surface area contributed by atoms with Crippen molar-refractivity contribution in [2.75, 3.05) is 18.4 Å². The monoisotopic (exact) mass is 405 g/mol. The molecule has 1 unspecified atom stereocenters. The second-order valence-electron chi connectivity index (χ2n) is 6.75. The summed E-state index contributed by atoms with van der Waals surface area (Å²) in [7, 11) is 0. The highest BCUT2D eigenvalue weighted by molar-refractivity contribution is 6.42. The summed E-state index contributed by atoms with van der Waals surface area (Å²) in [5, 5.41) is 4.00. The average Bonchev–Trinajstić information content (AvgIpc) is 2.65. The molecule has 0 radical (unpaired) electrons. The first-order chi connectivity index (χ1) is 12.9. The van der Waals surface area contributed by atoms with Crippen molar-refractivity contribution < 1.29 is 9.59 Å². The lowest BCUT2D eigenvalue weighted by Crippen LogP contribution is -2.40. The molecule has 2 aromatic rings. The lowest BCUT2D eigenvalue weighted by Gasteiger charge is -2.32. The number of halogens is 2. The zero-order valence-electron chi connectivity index (χ0n) is 14.8. The van der Waals surface area contributed by atoms with Gasteiger partial charge in [-0.1, -0.05) is 29.3 Å². The summed E-state index contributed by atoms with van der Waals surface area (Å²) in [5.74, 6) is -0.587. The van der Waals surface area contributed by atoms with Gasteiger partial charge in [-0.15, -0.1) is 0 Å². The van der Waals surface area contributed by atoms with E-state index in [1.54, 1.807) is 30.3 Å². The summed E-state index contributed by atoms with van der Waals surface area (Å²) in [6.45, 7) is 2.36. The van der Waals surface area contributed by atoms with Crippen LogP contribution in [0.1, 0.15) is 28.8 Å². The van der Waals surface area contributed by atoms with Crippen molar-refractivity contribution in [3.8, 4) is 0 Å². The lowest BCUT2D eigenvalue weighted by molar-refractivity contribution is -0.121. The van der Waals surface area contributed by atoms with Crippen molar-refractivity contribution in [3.05, 3.63) is 63.6 Å². The molecular weight excluding hydrogens is 385 g/mol. The van der Waals surface area contributed by atoms with Crippen LogP contribution in [0.3, 0.4) is 0 Å². The molecule has 1 atom stereocenters. The zero-order valence-corrected chi connectivity index (χ0v) is 16.3. The fourth-order valence-electron chi connectivity index (χ4n) is 3.27. The molecule has 27 heavy (non-hydrogen) atoms. The number of nitrogens with zero attached hydrogens (tertiary/aromatic N) is 1. The summed E-state index contributed by atoms with van der Waals surface area (Å²) in [6.07, 6.45) is 1.81. The van der Waals surface area contributed by atoms with Crippen LogP contribution in [0.5, 0.6) is 0 Å². The van der Waals surface area contributed by atoms with Gasteiger partial charge in [0, 0.05) is 24.3 Å². The Hall–Kier alpha value is -2.08. The van der Waals surface area contributed by atoms with Crippen LogP contribution in [0, 0.1) is 5.92 Å². The van der Waals surface area contributed by atoms with Crippen LogP contribution >= 0.6 is 23.2 Å². The minimum absolute atomic E-state index is 0.0133. The quantitative estimate of drug-likeness (QED) is 0.790. The van der Waals surface area contributed by atoms with Crippen molar-refractivity contribution in [1.29, 1.82) is 0 Å². The highest BCUT2D eigenvalue weighted by Crippen LogP contribution is 2.25. The van der Waals surface area contributed by atoms with Crippen LogP contribution in [0.25, 0.3) is 0 Å². The van der Waals surface area contributed by atoms with Crippen molar-refractivity contribution >= 4 is 40.7 Å². The number of piperidine rings is 1. The van der Waals surface area contributed by atoms with Gasteiger partial charge < -0.3 is 11.1 Å². The van der Waals surface area contributed by atoms with Crippen LogP contribution in [0.2, 0.25) is 10.0 Å². The third-order valence-electron chi connectivity index (χ3n) is 4.70. The summed E-state index contributed by atoms with van der Waals surface area (Å²) in [4.78, 5) is 26.0. The molecule has 1 saturated heterocycles. The first-order valence-corrected chi connectivity index (χ1v) is 9.55. The minimum Gasteiger partial charge on any atom is -0.366 e. The Kier molecular flexibility index (Phi) is 6.37.